The van der Waals surface area contributed by atoms with Gasteiger partial charge in [-0.15, -0.1) is 0 Å². The molecule has 0 amide bonds. The van der Waals surface area contributed by atoms with E-state index in [4.69, 9.17) is 14.2 Å². The number of carboxylic acid groups (broad SMARTS) is 3. The van der Waals surface area contributed by atoms with E-state index in [1.54, 1.807) is 88.4 Å². The maximum absolute atomic E-state index is 12.4. The SMILES string of the molecule is Cc1cc(C(c2ccc(O)c(C)c2)c2cc(Cc3cc(-c4ccccc4)cc(Cc4ccc(OCC(=O)O)c(C(c5ccc(O)c(C)c5)c5ccc(O)c(C)c5)c4)c3OCC(=O)O)ccc2OCC(=O)O)ccc1O. The number of ether oxygens (including phenoxy) is 3. The average molecular weight is 1010 g/mol. The number of hydrogen-bond donors (Lipinski definition) is 7. The number of aliphatic carboxylic acids is 3. The van der Waals surface area contributed by atoms with Gasteiger partial charge in [0.25, 0.3) is 0 Å². The summed E-state index contributed by atoms with van der Waals surface area (Å²) in [5.74, 6) is -3.45. The molecular formula is C62H56O13. The molecule has 382 valence electrons. The summed E-state index contributed by atoms with van der Waals surface area (Å²) in [6, 6.07) is 45.4. The van der Waals surface area contributed by atoms with Gasteiger partial charge in [0.15, 0.2) is 19.8 Å². The van der Waals surface area contributed by atoms with E-state index in [9.17, 15) is 50.1 Å². The molecule has 7 N–H and O–H groups in total. The Morgan fingerprint density at radius 3 is 1.08 bits per heavy atom. The first-order valence-corrected chi connectivity index (χ1v) is 24.1. The highest BCUT2D eigenvalue weighted by molar-refractivity contribution is 5.72. The second-order valence-electron chi connectivity index (χ2n) is 18.7. The molecule has 8 aromatic rings. The summed E-state index contributed by atoms with van der Waals surface area (Å²) in [5, 5.41) is 71.9. The fourth-order valence-electron chi connectivity index (χ4n) is 9.52. The topological polar surface area (TPSA) is 221 Å². The summed E-state index contributed by atoms with van der Waals surface area (Å²) in [6.07, 6.45) is 0.390. The van der Waals surface area contributed by atoms with Gasteiger partial charge in [0.2, 0.25) is 0 Å². The normalized spacial score (nSPS) is 11.2. The number of phenols is 4. The van der Waals surface area contributed by atoms with Crippen LogP contribution in [-0.4, -0.2) is 73.5 Å². The lowest BCUT2D eigenvalue weighted by atomic mass is 9.82. The highest BCUT2D eigenvalue weighted by Gasteiger charge is 2.27. The Labute approximate surface area is 433 Å². The molecule has 0 heterocycles. The minimum Gasteiger partial charge on any atom is -0.508 e. The van der Waals surface area contributed by atoms with Crippen LogP contribution >= 0.6 is 0 Å². The molecule has 0 fully saturated rings. The number of hydrogen-bond acceptors (Lipinski definition) is 10. The van der Waals surface area contributed by atoms with E-state index in [-0.39, 0.29) is 35.8 Å². The molecule has 0 aliphatic carbocycles. The Hall–Kier alpha value is -9.23. The first kappa shape index (κ1) is 52.1. The number of phenolic OH excluding ortho intramolecular Hbond substituents is 4. The summed E-state index contributed by atoms with van der Waals surface area (Å²) in [7, 11) is 0. The van der Waals surface area contributed by atoms with Crippen molar-refractivity contribution in [3.8, 4) is 51.4 Å². The van der Waals surface area contributed by atoms with Crippen molar-refractivity contribution in [1.82, 2.24) is 0 Å². The summed E-state index contributed by atoms with van der Waals surface area (Å²) in [5.41, 5.74) is 11.1. The number of benzene rings is 8. The maximum atomic E-state index is 12.4. The molecule has 0 bridgehead atoms. The molecule has 8 aromatic carbocycles. The number of rotatable bonds is 20. The van der Waals surface area contributed by atoms with E-state index in [1.165, 1.54) is 0 Å². The van der Waals surface area contributed by atoms with Gasteiger partial charge >= 0.3 is 17.9 Å². The van der Waals surface area contributed by atoms with Gasteiger partial charge < -0.3 is 50.0 Å². The quantitative estimate of drug-likeness (QED) is 0.0354. The van der Waals surface area contributed by atoms with E-state index in [1.807, 2.05) is 91.0 Å². The third-order valence-corrected chi connectivity index (χ3v) is 13.2. The predicted octanol–water partition coefficient (Wildman–Crippen LogP) is 11.3. The van der Waals surface area contributed by atoms with Crippen LogP contribution in [0.5, 0.6) is 40.2 Å². The van der Waals surface area contributed by atoms with Gasteiger partial charge in [-0.05, 0) is 154 Å². The van der Waals surface area contributed by atoms with Crippen LogP contribution in [0.25, 0.3) is 11.1 Å². The van der Waals surface area contributed by atoms with Gasteiger partial charge in [0, 0.05) is 35.8 Å². The number of carbonyl (C=O) groups is 3. The Morgan fingerprint density at radius 1 is 0.400 bits per heavy atom. The zero-order chi connectivity index (χ0) is 53.5. The molecule has 0 spiro atoms. The molecule has 0 aliphatic rings. The molecule has 0 aliphatic heterocycles. The summed E-state index contributed by atoms with van der Waals surface area (Å²) in [4.78, 5) is 36.2. The summed E-state index contributed by atoms with van der Waals surface area (Å²) >= 11 is 0. The van der Waals surface area contributed by atoms with E-state index < -0.39 is 49.6 Å². The monoisotopic (exact) mass is 1010 g/mol. The third kappa shape index (κ3) is 12.3. The Balaban J connectivity index is 1.32. The van der Waals surface area contributed by atoms with Gasteiger partial charge in [-0.2, -0.15) is 0 Å². The molecule has 0 atom stereocenters. The van der Waals surface area contributed by atoms with E-state index in [2.05, 4.69) is 0 Å². The van der Waals surface area contributed by atoms with Crippen LogP contribution < -0.4 is 14.2 Å². The summed E-state index contributed by atoms with van der Waals surface area (Å²) in [6.45, 7) is 5.18. The molecule has 13 heteroatoms. The largest absolute Gasteiger partial charge is 0.508 e. The minimum absolute atomic E-state index is 0.0943. The van der Waals surface area contributed by atoms with Crippen LogP contribution in [0.4, 0.5) is 0 Å². The van der Waals surface area contributed by atoms with Crippen molar-refractivity contribution in [2.75, 3.05) is 19.8 Å². The standard InChI is InChI=1S/C62H56O13/c1-35-22-42(12-16-51(35)63)60(43-13-17-52(64)36(2)23-43)49-28-39(10-20-55(49)73-32-57(67)68)26-47-30-46(41-8-6-5-7-9-41)31-48(62(47)75-34-59(71)72)27-40-11-21-56(74-33-58(69)70)50(29-40)61(44-14-18-53(65)37(3)24-44)45-15-19-54(66)38(4)25-45/h5-25,28-31,60-61,63-66H,26-27,32-34H2,1-4H3,(H,67,68)(H,69,70)(H,71,72). The Morgan fingerprint density at radius 2 is 0.747 bits per heavy atom. The van der Waals surface area contributed by atoms with E-state index in [0.717, 1.165) is 44.5 Å². The smallest absolute Gasteiger partial charge is 0.341 e. The second kappa shape index (κ2) is 22.7. The fourth-order valence-corrected chi connectivity index (χ4v) is 9.52. The van der Waals surface area contributed by atoms with Gasteiger partial charge in [-0.1, -0.05) is 103 Å². The molecule has 0 saturated heterocycles. The van der Waals surface area contributed by atoms with Gasteiger partial charge in [0.1, 0.15) is 40.2 Å². The lowest BCUT2D eigenvalue weighted by molar-refractivity contribution is -0.140. The number of carboxylic acids is 3. The first-order chi connectivity index (χ1) is 35.9. The number of aromatic hydroxyl groups is 4. The molecule has 0 aromatic heterocycles. The average Bonchev–Trinajstić information content (AvgIpc) is 3.37. The molecule has 8 rings (SSSR count). The molecule has 0 saturated carbocycles. The highest BCUT2D eigenvalue weighted by Crippen LogP contribution is 2.44. The van der Waals surface area contributed by atoms with Gasteiger partial charge in [-0.3, -0.25) is 0 Å². The maximum Gasteiger partial charge on any atom is 0.341 e. The van der Waals surface area contributed by atoms with Crippen LogP contribution in [-0.2, 0) is 27.2 Å². The summed E-state index contributed by atoms with van der Waals surface area (Å²) < 4.78 is 18.3. The molecule has 0 unspecified atom stereocenters. The predicted molar refractivity (Wildman–Crippen MR) is 283 cm³/mol. The van der Waals surface area contributed by atoms with E-state index >= 15 is 0 Å². The van der Waals surface area contributed by atoms with Crippen molar-refractivity contribution in [3.63, 3.8) is 0 Å². The zero-order valence-electron chi connectivity index (χ0n) is 41.7. The fraction of sp³-hybridized carbons (Fsp3) is 0.177. The molecule has 0 radical (unpaired) electrons. The van der Waals surface area contributed by atoms with Crippen LogP contribution in [0.1, 0.15) is 89.7 Å². The highest BCUT2D eigenvalue weighted by atomic mass is 16.5. The van der Waals surface area contributed by atoms with Crippen molar-refractivity contribution >= 4 is 17.9 Å². The van der Waals surface area contributed by atoms with Crippen molar-refractivity contribution in [3.05, 3.63) is 230 Å². The third-order valence-electron chi connectivity index (χ3n) is 13.2. The Kier molecular flexibility index (Phi) is 15.8. The van der Waals surface area contributed by atoms with Crippen molar-refractivity contribution in [2.45, 2.75) is 52.4 Å². The van der Waals surface area contributed by atoms with Crippen LogP contribution in [0, 0.1) is 27.7 Å². The second-order valence-corrected chi connectivity index (χ2v) is 18.7. The minimum atomic E-state index is -1.20. The van der Waals surface area contributed by atoms with Crippen molar-refractivity contribution < 1.29 is 64.3 Å². The lowest BCUT2D eigenvalue weighted by Gasteiger charge is -2.25. The lowest BCUT2D eigenvalue weighted by Crippen LogP contribution is -2.14. The first-order valence-electron chi connectivity index (χ1n) is 24.1. The van der Waals surface area contributed by atoms with Crippen LogP contribution in [0.2, 0.25) is 0 Å². The van der Waals surface area contributed by atoms with Gasteiger partial charge in [0.05, 0.1) is 0 Å². The molecular weight excluding hydrogens is 953 g/mol. The van der Waals surface area contributed by atoms with Crippen molar-refractivity contribution in [2.24, 2.45) is 0 Å². The molecule has 13 nitrogen and oxygen atoms in total. The molecule has 75 heavy (non-hydrogen) atoms. The zero-order valence-corrected chi connectivity index (χ0v) is 41.7. The van der Waals surface area contributed by atoms with Crippen LogP contribution in [0.3, 0.4) is 0 Å². The van der Waals surface area contributed by atoms with Crippen molar-refractivity contribution in [1.29, 1.82) is 0 Å². The Bertz CT molecular complexity index is 3140. The van der Waals surface area contributed by atoms with Crippen LogP contribution in [0.15, 0.2) is 152 Å². The van der Waals surface area contributed by atoms with E-state index in [0.29, 0.717) is 61.8 Å². The van der Waals surface area contributed by atoms with Gasteiger partial charge in [-0.25, -0.2) is 14.4 Å². The number of aryl methyl sites for hydroxylation is 4.